The van der Waals surface area contributed by atoms with Gasteiger partial charge in [-0.2, -0.15) is 0 Å². The van der Waals surface area contributed by atoms with E-state index < -0.39 is 6.10 Å². The van der Waals surface area contributed by atoms with E-state index in [1.54, 1.807) is 0 Å². The van der Waals surface area contributed by atoms with Crippen molar-refractivity contribution < 1.29 is 5.11 Å². The minimum Gasteiger partial charge on any atom is -0.389 e. The zero-order valence-electron chi connectivity index (χ0n) is 10.9. The highest BCUT2D eigenvalue weighted by molar-refractivity contribution is 5.36. The lowest BCUT2D eigenvalue weighted by Gasteiger charge is -2.43. The van der Waals surface area contributed by atoms with Gasteiger partial charge in [0.25, 0.3) is 0 Å². The van der Waals surface area contributed by atoms with E-state index in [2.05, 4.69) is 29.9 Å². The Morgan fingerprint density at radius 2 is 2.06 bits per heavy atom. The van der Waals surface area contributed by atoms with Gasteiger partial charge in [0.15, 0.2) is 0 Å². The second-order valence-electron chi connectivity index (χ2n) is 4.66. The molecule has 1 aliphatic heterocycles. The highest BCUT2D eigenvalue weighted by atomic mass is 16.3. The van der Waals surface area contributed by atoms with Gasteiger partial charge in [-0.25, -0.2) is 0 Å². The third-order valence-corrected chi connectivity index (χ3v) is 3.57. The van der Waals surface area contributed by atoms with E-state index in [0.29, 0.717) is 6.42 Å². The van der Waals surface area contributed by atoms with Crippen molar-refractivity contribution in [3.63, 3.8) is 0 Å². The predicted octanol–water partition coefficient (Wildman–Crippen LogP) is 2.72. The second-order valence-corrected chi connectivity index (χ2v) is 4.66. The van der Waals surface area contributed by atoms with Crippen molar-refractivity contribution in [2.75, 3.05) is 0 Å². The Kier molecular flexibility index (Phi) is 3.74. The van der Waals surface area contributed by atoms with Crippen LogP contribution in [0.5, 0.6) is 0 Å². The Labute approximate surface area is 109 Å². The first-order chi connectivity index (χ1) is 8.69. The van der Waals surface area contributed by atoms with Crippen LogP contribution in [-0.2, 0) is 0 Å². The monoisotopic (exact) mass is 241 g/mol. The number of nitrogens with zero attached hydrogens (tertiary/aromatic N) is 1. The van der Waals surface area contributed by atoms with Gasteiger partial charge in [-0.05, 0) is 18.9 Å². The van der Waals surface area contributed by atoms with Crippen LogP contribution in [-0.4, -0.2) is 22.2 Å². The predicted molar refractivity (Wildman–Crippen MR) is 73.7 cm³/mol. The molecule has 0 aliphatic carbocycles. The molecule has 0 fully saturated rings. The summed E-state index contributed by atoms with van der Waals surface area (Å²) in [4.78, 5) is 2.13. The number of aliphatic hydroxyl groups excluding tert-OH is 1. The van der Waals surface area contributed by atoms with Crippen LogP contribution in [0.1, 0.15) is 31.9 Å². The van der Waals surface area contributed by atoms with Gasteiger partial charge in [-0.3, -0.25) is 0 Å². The van der Waals surface area contributed by atoms with Crippen molar-refractivity contribution in [2.45, 2.75) is 38.5 Å². The molecule has 0 saturated carbocycles. The Balaban J connectivity index is 2.17. The summed E-state index contributed by atoms with van der Waals surface area (Å²) in [5.74, 6) is 2.77. The number of rotatable bonds is 4. The lowest BCUT2D eigenvalue weighted by atomic mass is 9.90. The van der Waals surface area contributed by atoms with Gasteiger partial charge in [0.1, 0.15) is 6.04 Å². The third kappa shape index (κ3) is 2.14. The lowest BCUT2D eigenvalue weighted by Crippen LogP contribution is -2.45. The minimum absolute atomic E-state index is 0.0739. The van der Waals surface area contributed by atoms with Gasteiger partial charge in [-0.1, -0.05) is 43.2 Å². The number of aliphatic hydroxyl groups is 1. The van der Waals surface area contributed by atoms with E-state index in [-0.39, 0.29) is 12.1 Å². The van der Waals surface area contributed by atoms with E-state index >= 15 is 0 Å². The molecule has 18 heavy (non-hydrogen) atoms. The topological polar surface area (TPSA) is 23.5 Å². The van der Waals surface area contributed by atoms with Crippen LogP contribution in [0, 0.1) is 12.3 Å². The molecule has 2 nitrogen and oxygen atoms in total. The van der Waals surface area contributed by atoms with Crippen LogP contribution < -0.4 is 0 Å². The van der Waals surface area contributed by atoms with Gasteiger partial charge in [-0.15, -0.1) is 6.42 Å². The molecule has 94 valence electrons. The van der Waals surface area contributed by atoms with Gasteiger partial charge < -0.3 is 10.0 Å². The van der Waals surface area contributed by atoms with Crippen LogP contribution in [0.15, 0.2) is 42.1 Å². The summed E-state index contributed by atoms with van der Waals surface area (Å²) in [7, 11) is 0. The molecule has 0 spiro atoms. The minimum atomic E-state index is -0.412. The standard InChI is InChI=1S/C16H19NO/c1-4-15-14(16(18)5-2)11-17(15)12(3)13-9-7-6-8-10-13/h1,6-12,15-16,18H,5H2,2-3H3/t12-,15?,16+/m1/s1. The fourth-order valence-electron chi connectivity index (χ4n) is 2.33. The molecule has 2 heteroatoms. The largest absolute Gasteiger partial charge is 0.389 e. The van der Waals surface area contributed by atoms with Crippen LogP contribution in [0.2, 0.25) is 0 Å². The van der Waals surface area contributed by atoms with Crippen LogP contribution >= 0.6 is 0 Å². The summed E-state index contributed by atoms with van der Waals surface area (Å²) in [5, 5.41) is 9.86. The number of terminal acetylenes is 1. The van der Waals surface area contributed by atoms with Gasteiger partial charge >= 0.3 is 0 Å². The normalized spacial score (nSPS) is 21.6. The number of benzene rings is 1. The van der Waals surface area contributed by atoms with Gasteiger partial charge in [0.2, 0.25) is 0 Å². The van der Waals surface area contributed by atoms with Crippen LogP contribution in [0.25, 0.3) is 0 Å². The van der Waals surface area contributed by atoms with Crippen LogP contribution in [0.3, 0.4) is 0 Å². The smallest absolute Gasteiger partial charge is 0.116 e. The maximum atomic E-state index is 9.86. The van der Waals surface area contributed by atoms with Crippen molar-refractivity contribution in [1.29, 1.82) is 0 Å². The van der Waals surface area contributed by atoms with Crippen LogP contribution in [0.4, 0.5) is 0 Å². The molecular formula is C16H19NO. The summed E-state index contributed by atoms with van der Waals surface area (Å²) in [5.41, 5.74) is 2.20. The average molecular weight is 241 g/mol. The van der Waals surface area contributed by atoms with Crippen molar-refractivity contribution in [2.24, 2.45) is 0 Å². The molecular weight excluding hydrogens is 222 g/mol. The zero-order chi connectivity index (χ0) is 13.1. The van der Waals surface area contributed by atoms with Gasteiger partial charge in [0, 0.05) is 11.8 Å². The summed E-state index contributed by atoms with van der Waals surface area (Å²) in [6.45, 7) is 4.09. The molecule has 0 bridgehead atoms. The van der Waals surface area contributed by atoms with Crippen molar-refractivity contribution in [3.05, 3.63) is 47.7 Å². The summed E-state index contributed by atoms with van der Waals surface area (Å²) >= 11 is 0. The van der Waals surface area contributed by atoms with E-state index in [9.17, 15) is 5.11 Å². The molecule has 0 aromatic heterocycles. The summed E-state index contributed by atoms with van der Waals surface area (Å²) < 4.78 is 0. The maximum Gasteiger partial charge on any atom is 0.116 e. The number of hydrogen-bond donors (Lipinski definition) is 1. The fourth-order valence-corrected chi connectivity index (χ4v) is 2.33. The van der Waals surface area contributed by atoms with E-state index in [1.165, 1.54) is 5.56 Å². The number of hydrogen-bond acceptors (Lipinski definition) is 2. The molecule has 3 atom stereocenters. The van der Waals surface area contributed by atoms with E-state index in [0.717, 1.165) is 5.57 Å². The first-order valence-corrected chi connectivity index (χ1v) is 6.37. The van der Waals surface area contributed by atoms with Crippen molar-refractivity contribution in [1.82, 2.24) is 4.90 Å². The Morgan fingerprint density at radius 3 is 2.61 bits per heavy atom. The Morgan fingerprint density at radius 1 is 1.39 bits per heavy atom. The SMILES string of the molecule is C#CC1C([C@@H](O)CC)=CN1[C@H](C)c1ccccc1. The Hall–Kier alpha value is -1.72. The summed E-state index contributed by atoms with van der Waals surface area (Å²) in [6, 6.07) is 10.4. The second kappa shape index (κ2) is 5.29. The van der Waals surface area contributed by atoms with Gasteiger partial charge in [0.05, 0.1) is 12.1 Å². The molecule has 1 aromatic carbocycles. The molecule has 1 heterocycles. The maximum absolute atomic E-state index is 9.86. The molecule has 0 saturated heterocycles. The molecule has 0 radical (unpaired) electrons. The molecule has 1 unspecified atom stereocenters. The lowest BCUT2D eigenvalue weighted by molar-refractivity contribution is 0.145. The van der Waals surface area contributed by atoms with Crippen molar-refractivity contribution >= 4 is 0 Å². The van der Waals surface area contributed by atoms with E-state index in [1.807, 2.05) is 31.3 Å². The summed E-state index contributed by atoms with van der Waals surface area (Å²) in [6.07, 6.45) is 7.87. The molecule has 1 aliphatic rings. The quantitative estimate of drug-likeness (QED) is 0.819. The third-order valence-electron chi connectivity index (χ3n) is 3.57. The highest BCUT2D eigenvalue weighted by Crippen LogP contribution is 2.34. The Bertz CT molecular complexity index is 472. The van der Waals surface area contributed by atoms with Crippen molar-refractivity contribution in [3.8, 4) is 12.3 Å². The zero-order valence-corrected chi connectivity index (χ0v) is 10.9. The fraction of sp³-hybridized carbons (Fsp3) is 0.375. The molecule has 1 aromatic rings. The van der Waals surface area contributed by atoms with E-state index in [4.69, 9.17) is 6.42 Å². The first-order valence-electron chi connectivity index (χ1n) is 6.37. The molecule has 0 amide bonds. The highest BCUT2D eigenvalue weighted by Gasteiger charge is 2.34. The first kappa shape index (κ1) is 12.7. The average Bonchev–Trinajstić information content (AvgIpc) is 2.38. The molecule has 1 N–H and O–H groups in total. The molecule has 2 rings (SSSR count).